The fourth-order valence-electron chi connectivity index (χ4n) is 3.71. The van der Waals surface area contributed by atoms with Crippen LogP contribution in [0.3, 0.4) is 0 Å². The van der Waals surface area contributed by atoms with Crippen molar-refractivity contribution in [3.63, 3.8) is 0 Å². The second-order valence-electron chi connectivity index (χ2n) is 5.79. The van der Waals surface area contributed by atoms with Gasteiger partial charge in [-0.25, -0.2) is 0 Å². The zero-order valence-electron chi connectivity index (χ0n) is 13.8. The zero-order chi connectivity index (χ0) is 15.1. The Bertz CT molecular complexity index is 226. The Balaban J connectivity index is 0.00000154. The third-order valence-electron chi connectivity index (χ3n) is 4.56. The SMILES string of the molecule is CC.CCCC([CH]([Hg])[Hg])(C1CCCCC1O)N(C)C. The van der Waals surface area contributed by atoms with Crippen molar-refractivity contribution in [3.8, 4) is 0 Å². The van der Waals surface area contributed by atoms with Crippen molar-refractivity contribution in [2.45, 2.75) is 71.9 Å². The summed E-state index contributed by atoms with van der Waals surface area (Å²) in [6, 6.07) is 0. The van der Waals surface area contributed by atoms with Gasteiger partial charge in [-0.15, -0.1) is 0 Å². The second-order valence-corrected chi connectivity index (χ2v) is 30.9. The molecule has 0 aromatic rings. The summed E-state index contributed by atoms with van der Waals surface area (Å²) in [6.07, 6.45) is 7.37. The standard InChI is InChI=1S/C13H25NO.C2H6.2Hg/c1-5-10-13(2,14(3)4)11-8-6-7-9-12(11)15;1-2;;/h2,11-12,15H,5-10H2,1,3-4H3;1-2H3;;. The van der Waals surface area contributed by atoms with Crippen molar-refractivity contribution in [1.29, 1.82) is 0 Å². The molecule has 3 unspecified atom stereocenters. The summed E-state index contributed by atoms with van der Waals surface area (Å²) in [4.78, 5) is 2.49. The normalized spacial score (nSPS) is 26.9. The number of hydrogen-bond acceptors (Lipinski definition) is 2. The molecule has 1 saturated carbocycles. The minimum atomic E-state index is -0.0349. The van der Waals surface area contributed by atoms with E-state index in [4.69, 9.17) is 0 Å². The number of hydrogen-bond donors (Lipinski definition) is 1. The quantitative estimate of drug-likeness (QED) is 0.465. The van der Waals surface area contributed by atoms with Crippen LogP contribution >= 0.6 is 0 Å². The van der Waals surface area contributed by atoms with Gasteiger partial charge in [0, 0.05) is 0 Å². The first-order chi connectivity index (χ1) is 8.96. The van der Waals surface area contributed by atoms with E-state index >= 15 is 0 Å². The minimum absolute atomic E-state index is 0.0349. The predicted octanol–water partition coefficient (Wildman–Crippen LogP) is 3.50. The van der Waals surface area contributed by atoms with Crippen LogP contribution in [0.5, 0.6) is 0 Å². The molecule has 3 atom stereocenters. The fourth-order valence-corrected chi connectivity index (χ4v) is 10.5. The molecular formula is C15H31Hg2NO. The van der Waals surface area contributed by atoms with Gasteiger partial charge in [-0.05, 0) is 0 Å². The Morgan fingerprint density at radius 3 is 2.11 bits per heavy atom. The number of rotatable bonds is 5. The third kappa shape index (κ3) is 5.17. The van der Waals surface area contributed by atoms with Crippen molar-refractivity contribution >= 4 is 0 Å². The molecule has 0 bridgehead atoms. The van der Waals surface area contributed by atoms with Gasteiger partial charge in [0.15, 0.2) is 0 Å². The molecule has 0 amide bonds. The van der Waals surface area contributed by atoms with E-state index in [1.54, 1.807) is 0 Å². The van der Waals surface area contributed by atoms with E-state index in [9.17, 15) is 5.11 Å². The Labute approximate surface area is 153 Å². The summed E-state index contributed by atoms with van der Waals surface area (Å²) in [5.41, 5.74) is 0.348. The van der Waals surface area contributed by atoms with Crippen LogP contribution in [0.4, 0.5) is 0 Å². The second kappa shape index (κ2) is 10.5. The van der Waals surface area contributed by atoms with Crippen molar-refractivity contribution in [1.82, 2.24) is 4.90 Å². The van der Waals surface area contributed by atoms with Crippen molar-refractivity contribution in [2.75, 3.05) is 14.1 Å². The molecule has 0 aromatic carbocycles. The average Bonchev–Trinajstić information content (AvgIpc) is 2.38. The van der Waals surface area contributed by atoms with Gasteiger partial charge in [0.05, 0.1) is 0 Å². The van der Waals surface area contributed by atoms with E-state index in [1.165, 1.54) is 32.1 Å². The summed E-state index contributed by atoms with van der Waals surface area (Å²) in [5.74, 6) is 0.547. The molecule has 1 aliphatic rings. The van der Waals surface area contributed by atoms with Crippen LogP contribution in [0.15, 0.2) is 0 Å². The van der Waals surface area contributed by atoms with Crippen LogP contribution in [0.1, 0.15) is 59.3 Å². The van der Waals surface area contributed by atoms with Crippen LogP contribution in [0.25, 0.3) is 0 Å². The summed E-state index contributed by atoms with van der Waals surface area (Å²) in [5, 5.41) is 10.4. The molecule has 1 rings (SSSR count). The van der Waals surface area contributed by atoms with Crippen molar-refractivity contribution < 1.29 is 57.3 Å². The molecule has 1 aliphatic carbocycles. The molecular weight excluding hydrogens is 611 g/mol. The summed E-state index contributed by atoms with van der Waals surface area (Å²) in [6.45, 7) is 6.30. The van der Waals surface area contributed by atoms with Gasteiger partial charge in [0.2, 0.25) is 0 Å². The van der Waals surface area contributed by atoms with Crippen LogP contribution < -0.4 is 0 Å². The van der Waals surface area contributed by atoms with Crippen LogP contribution in [-0.2, 0) is 52.2 Å². The van der Waals surface area contributed by atoms with E-state index in [-0.39, 0.29) is 6.10 Å². The molecule has 106 valence electrons. The Kier molecular flexibility index (Phi) is 11.5. The van der Waals surface area contributed by atoms with Gasteiger partial charge in [0.25, 0.3) is 0 Å². The molecule has 4 heteroatoms. The summed E-state index contributed by atoms with van der Waals surface area (Å²) >= 11 is 1.71. The Morgan fingerprint density at radius 2 is 1.74 bits per heavy atom. The topological polar surface area (TPSA) is 23.5 Å². The van der Waals surface area contributed by atoms with E-state index in [0.29, 0.717) is 11.5 Å². The van der Waals surface area contributed by atoms with Crippen molar-refractivity contribution in [2.24, 2.45) is 5.92 Å². The predicted molar refractivity (Wildman–Crippen MR) is 74.4 cm³/mol. The van der Waals surface area contributed by atoms with Crippen LogP contribution in [0, 0.1) is 5.92 Å². The summed E-state index contributed by atoms with van der Waals surface area (Å²) < 4.78 is 0.982. The first kappa shape index (κ1) is 20.8. The molecule has 0 aromatic heterocycles. The molecule has 1 fully saturated rings. The fraction of sp³-hybridized carbons (Fsp3) is 1.00. The van der Waals surface area contributed by atoms with E-state index in [2.05, 4.69) is 25.9 Å². The molecule has 19 heavy (non-hydrogen) atoms. The molecule has 0 radical (unpaired) electrons. The van der Waals surface area contributed by atoms with Crippen molar-refractivity contribution in [3.05, 3.63) is 0 Å². The molecule has 1 N–H and O–H groups in total. The van der Waals surface area contributed by atoms with Gasteiger partial charge in [-0.1, -0.05) is 13.8 Å². The van der Waals surface area contributed by atoms with Gasteiger partial charge in [-0.2, -0.15) is 0 Å². The van der Waals surface area contributed by atoms with Crippen LogP contribution in [0.2, 0.25) is 0.935 Å². The molecule has 0 aliphatic heterocycles. The maximum atomic E-state index is 10.4. The monoisotopic (exact) mass is 645 g/mol. The molecule has 0 heterocycles. The molecule has 0 spiro atoms. The van der Waals surface area contributed by atoms with E-state index < -0.39 is 0 Å². The third-order valence-corrected chi connectivity index (χ3v) is 10.1. The first-order valence-corrected chi connectivity index (χ1v) is 14.3. The number of aliphatic hydroxyl groups excluding tert-OH is 1. The van der Waals surface area contributed by atoms with E-state index in [0.717, 1.165) is 59.6 Å². The Morgan fingerprint density at radius 1 is 1.21 bits per heavy atom. The zero-order valence-corrected chi connectivity index (χ0v) is 24.8. The average molecular weight is 643 g/mol. The summed E-state index contributed by atoms with van der Waals surface area (Å²) in [7, 11) is 4.51. The molecule has 0 saturated heterocycles. The maximum absolute atomic E-state index is 10.4. The van der Waals surface area contributed by atoms with Gasteiger partial charge >= 0.3 is 140 Å². The number of aliphatic hydroxyl groups is 1. The first-order valence-electron chi connectivity index (χ1n) is 7.98. The van der Waals surface area contributed by atoms with E-state index in [1.807, 2.05) is 13.8 Å². The van der Waals surface area contributed by atoms with Gasteiger partial charge in [-0.3, -0.25) is 0 Å². The molecule has 2 nitrogen and oxygen atoms in total. The van der Waals surface area contributed by atoms with Crippen LogP contribution in [-0.4, -0.2) is 35.7 Å². The number of nitrogens with zero attached hydrogens (tertiary/aromatic N) is 1. The van der Waals surface area contributed by atoms with Gasteiger partial charge < -0.3 is 0 Å². The Hall–Kier alpha value is 1.79. The van der Waals surface area contributed by atoms with Gasteiger partial charge in [0.1, 0.15) is 0 Å².